The number of aromatic nitrogens is 1. The Morgan fingerprint density at radius 1 is 1.00 bits per heavy atom. The number of carbonyl (C=O) groups excluding carboxylic acids is 3. The van der Waals surface area contributed by atoms with Crippen molar-refractivity contribution >= 4 is 28.7 Å². The topological polar surface area (TPSA) is 103 Å². The highest BCUT2D eigenvalue weighted by molar-refractivity contribution is 5.98. The Kier molecular flexibility index (Phi) is 5.66. The molecule has 1 aliphatic rings. The van der Waals surface area contributed by atoms with Crippen molar-refractivity contribution in [3.8, 4) is 0 Å². The Morgan fingerprint density at radius 2 is 1.65 bits per heavy atom. The van der Waals surface area contributed by atoms with E-state index in [1.54, 1.807) is 35.2 Å². The molecule has 1 saturated heterocycles. The Labute approximate surface area is 179 Å². The molecular weight excluding hydrogens is 394 g/mol. The first-order valence-electron chi connectivity index (χ1n) is 10.1. The van der Waals surface area contributed by atoms with E-state index in [9.17, 15) is 14.4 Å². The van der Waals surface area contributed by atoms with Crippen LogP contribution in [0, 0.1) is 0 Å². The van der Waals surface area contributed by atoms with Crippen LogP contribution < -0.4 is 5.73 Å². The van der Waals surface area contributed by atoms with Gasteiger partial charge in [-0.1, -0.05) is 18.2 Å². The van der Waals surface area contributed by atoms with Gasteiger partial charge in [0.05, 0.1) is 29.4 Å². The maximum atomic E-state index is 12.9. The maximum Gasteiger partial charge on any atom is 0.337 e. The second-order valence-corrected chi connectivity index (χ2v) is 7.61. The molecule has 0 radical (unpaired) electrons. The number of methoxy groups -OCH3 is 1. The average molecular weight is 417 g/mol. The molecule has 0 aliphatic carbocycles. The zero-order valence-electron chi connectivity index (χ0n) is 17.2. The normalized spacial score (nSPS) is 14.4. The monoisotopic (exact) mass is 417 g/mol. The van der Waals surface area contributed by atoms with Crippen LogP contribution in [-0.4, -0.2) is 47.9 Å². The van der Waals surface area contributed by atoms with Crippen LogP contribution >= 0.6 is 0 Å². The minimum atomic E-state index is -0.488. The fraction of sp³-hybridized carbons (Fsp3) is 0.250. The van der Waals surface area contributed by atoms with Crippen LogP contribution in [-0.2, 0) is 4.74 Å². The number of fused-ring (bicyclic) bond motifs is 1. The molecule has 0 atom stereocenters. The molecule has 4 rings (SSSR count). The van der Waals surface area contributed by atoms with Crippen LogP contribution in [0.3, 0.4) is 0 Å². The lowest BCUT2D eigenvalue weighted by molar-refractivity contribution is 0.0599. The summed E-state index contributed by atoms with van der Waals surface area (Å²) in [5.74, 6) is -0.959. The number of para-hydroxylation sites is 1. The molecule has 1 aliphatic heterocycles. The van der Waals surface area contributed by atoms with Crippen LogP contribution in [0.25, 0.3) is 10.9 Å². The second kappa shape index (κ2) is 8.55. The molecule has 1 fully saturated rings. The molecule has 2 heterocycles. The quantitative estimate of drug-likeness (QED) is 0.657. The van der Waals surface area contributed by atoms with Crippen LogP contribution in [0.2, 0.25) is 0 Å². The van der Waals surface area contributed by atoms with Crippen molar-refractivity contribution in [3.63, 3.8) is 0 Å². The predicted octanol–water partition coefficient (Wildman–Crippen LogP) is 3.14. The molecule has 0 saturated carbocycles. The van der Waals surface area contributed by atoms with Gasteiger partial charge in [0.1, 0.15) is 0 Å². The van der Waals surface area contributed by atoms with Crippen molar-refractivity contribution in [1.82, 2.24) is 9.88 Å². The summed E-state index contributed by atoms with van der Waals surface area (Å²) in [6.07, 6.45) is 1.38. The number of carbonyl (C=O) groups is 3. The number of hydrogen-bond acceptors (Lipinski definition) is 5. The molecule has 1 aromatic heterocycles. The van der Waals surface area contributed by atoms with Crippen LogP contribution in [0.1, 0.15) is 55.5 Å². The lowest BCUT2D eigenvalue weighted by atomic mass is 9.89. The number of primary amides is 1. The SMILES string of the molecule is COC(=O)c1ccc(C(=O)N2CCC(c3nc4ccccc4cc3C(N)=O)CC2)cc1. The van der Waals surface area contributed by atoms with Crippen LogP contribution in [0.15, 0.2) is 54.6 Å². The number of pyridine rings is 1. The second-order valence-electron chi connectivity index (χ2n) is 7.61. The number of ether oxygens (including phenoxy) is 1. The largest absolute Gasteiger partial charge is 0.465 e. The summed E-state index contributed by atoms with van der Waals surface area (Å²) in [5.41, 5.74) is 8.53. The first kappa shape index (κ1) is 20.5. The summed E-state index contributed by atoms with van der Waals surface area (Å²) in [6.45, 7) is 1.10. The van der Waals surface area contributed by atoms with E-state index in [4.69, 9.17) is 10.7 Å². The van der Waals surface area contributed by atoms with E-state index in [-0.39, 0.29) is 11.8 Å². The number of piperidine rings is 1. The molecule has 0 bridgehead atoms. The van der Waals surface area contributed by atoms with E-state index in [0.717, 1.165) is 10.9 Å². The molecule has 7 nitrogen and oxygen atoms in total. The molecule has 3 aromatic rings. The summed E-state index contributed by atoms with van der Waals surface area (Å²) < 4.78 is 4.69. The van der Waals surface area contributed by atoms with Gasteiger partial charge in [-0.25, -0.2) is 4.79 Å². The number of amides is 2. The maximum absolute atomic E-state index is 12.9. The van der Waals surface area contributed by atoms with Crippen molar-refractivity contribution in [2.45, 2.75) is 18.8 Å². The summed E-state index contributed by atoms with van der Waals surface area (Å²) in [7, 11) is 1.32. The summed E-state index contributed by atoms with van der Waals surface area (Å²) in [6, 6.07) is 15.9. The van der Waals surface area contributed by atoms with Gasteiger partial charge in [0, 0.05) is 30.0 Å². The van der Waals surface area contributed by atoms with Gasteiger partial charge in [0.2, 0.25) is 0 Å². The predicted molar refractivity (Wildman–Crippen MR) is 116 cm³/mol. The first-order valence-corrected chi connectivity index (χ1v) is 10.1. The number of esters is 1. The van der Waals surface area contributed by atoms with Gasteiger partial charge in [-0.2, -0.15) is 0 Å². The highest BCUT2D eigenvalue weighted by Crippen LogP contribution is 2.31. The summed E-state index contributed by atoms with van der Waals surface area (Å²) >= 11 is 0. The van der Waals surface area contributed by atoms with E-state index < -0.39 is 11.9 Å². The summed E-state index contributed by atoms with van der Waals surface area (Å²) in [5, 5.41) is 0.878. The molecule has 0 unspecified atom stereocenters. The van der Waals surface area contributed by atoms with Crippen molar-refractivity contribution in [2.75, 3.05) is 20.2 Å². The van der Waals surface area contributed by atoms with Gasteiger partial charge < -0.3 is 15.4 Å². The smallest absolute Gasteiger partial charge is 0.337 e. The fourth-order valence-electron chi connectivity index (χ4n) is 4.04. The van der Waals surface area contributed by atoms with E-state index >= 15 is 0 Å². The zero-order valence-corrected chi connectivity index (χ0v) is 17.2. The van der Waals surface area contributed by atoms with Crippen molar-refractivity contribution < 1.29 is 19.1 Å². The van der Waals surface area contributed by atoms with E-state index in [0.29, 0.717) is 48.3 Å². The highest BCUT2D eigenvalue weighted by atomic mass is 16.5. The summed E-state index contributed by atoms with van der Waals surface area (Å²) in [4.78, 5) is 43.0. The number of likely N-dealkylation sites (tertiary alicyclic amines) is 1. The van der Waals surface area contributed by atoms with Gasteiger partial charge in [-0.05, 0) is 49.2 Å². The zero-order chi connectivity index (χ0) is 22.0. The lowest BCUT2D eigenvalue weighted by Gasteiger charge is -2.32. The standard InChI is InChI=1S/C24H23N3O4/c1-31-24(30)17-8-6-16(7-9-17)23(29)27-12-10-15(11-13-27)21-19(22(25)28)14-18-4-2-3-5-20(18)26-21/h2-9,14-15H,10-13H2,1H3,(H2,25,28). The molecule has 31 heavy (non-hydrogen) atoms. The number of benzene rings is 2. The molecular formula is C24H23N3O4. The highest BCUT2D eigenvalue weighted by Gasteiger charge is 2.28. The Hall–Kier alpha value is -3.74. The van der Waals surface area contributed by atoms with E-state index in [2.05, 4.69) is 4.74 Å². The fourth-order valence-corrected chi connectivity index (χ4v) is 4.04. The van der Waals surface area contributed by atoms with Crippen LogP contribution in [0.5, 0.6) is 0 Å². The van der Waals surface area contributed by atoms with Gasteiger partial charge in [-0.3, -0.25) is 14.6 Å². The molecule has 0 spiro atoms. The molecule has 2 aromatic carbocycles. The van der Waals surface area contributed by atoms with Gasteiger partial charge in [0.25, 0.3) is 11.8 Å². The molecule has 7 heteroatoms. The third-order valence-electron chi connectivity index (χ3n) is 5.74. The van der Waals surface area contributed by atoms with Gasteiger partial charge >= 0.3 is 5.97 Å². The number of nitrogens with two attached hydrogens (primary N) is 1. The Balaban J connectivity index is 1.50. The van der Waals surface area contributed by atoms with Crippen molar-refractivity contribution in [1.29, 1.82) is 0 Å². The average Bonchev–Trinajstić information content (AvgIpc) is 2.82. The number of rotatable bonds is 4. The minimum absolute atomic E-state index is 0.0536. The van der Waals surface area contributed by atoms with E-state index in [1.165, 1.54) is 7.11 Å². The molecule has 158 valence electrons. The number of nitrogens with zero attached hydrogens (tertiary/aromatic N) is 2. The minimum Gasteiger partial charge on any atom is -0.465 e. The number of hydrogen-bond donors (Lipinski definition) is 1. The van der Waals surface area contributed by atoms with Gasteiger partial charge in [-0.15, -0.1) is 0 Å². The third-order valence-corrected chi connectivity index (χ3v) is 5.74. The first-order chi connectivity index (χ1) is 15.0. The Morgan fingerprint density at radius 3 is 2.29 bits per heavy atom. The third kappa shape index (κ3) is 4.12. The van der Waals surface area contributed by atoms with Gasteiger partial charge in [0.15, 0.2) is 0 Å². The molecule has 2 amide bonds. The van der Waals surface area contributed by atoms with E-state index in [1.807, 2.05) is 24.3 Å². The van der Waals surface area contributed by atoms with Crippen molar-refractivity contribution in [2.24, 2.45) is 5.73 Å². The van der Waals surface area contributed by atoms with Crippen molar-refractivity contribution in [3.05, 3.63) is 77.0 Å². The lowest BCUT2D eigenvalue weighted by Crippen LogP contribution is -2.38. The molecule has 2 N–H and O–H groups in total. The Bertz CT molecular complexity index is 1150. The van der Waals surface area contributed by atoms with Crippen LogP contribution in [0.4, 0.5) is 0 Å².